The SMILES string of the molecule is Cc1nnc(NC(=O)C2CCN(C(=O)CCc3ccccc3)CC2)s1. The first-order chi connectivity index (χ1) is 12.1. The minimum Gasteiger partial charge on any atom is -0.343 e. The van der Waals surface area contributed by atoms with E-state index in [1.165, 1.54) is 16.9 Å². The summed E-state index contributed by atoms with van der Waals surface area (Å²) < 4.78 is 0. The fourth-order valence-corrected chi connectivity index (χ4v) is 3.59. The highest BCUT2D eigenvalue weighted by Gasteiger charge is 2.27. The van der Waals surface area contributed by atoms with Gasteiger partial charge < -0.3 is 10.2 Å². The summed E-state index contributed by atoms with van der Waals surface area (Å²) in [4.78, 5) is 26.5. The Morgan fingerprint density at radius 3 is 2.56 bits per heavy atom. The Balaban J connectivity index is 1.43. The summed E-state index contributed by atoms with van der Waals surface area (Å²) in [6, 6.07) is 10.0. The number of nitrogens with zero attached hydrogens (tertiary/aromatic N) is 3. The second-order valence-corrected chi connectivity index (χ2v) is 7.44. The van der Waals surface area contributed by atoms with Crippen molar-refractivity contribution in [3.05, 3.63) is 40.9 Å². The van der Waals surface area contributed by atoms with Crippen molar-refractivity contribution in [2.45, 2.75) is 32.6 Å². The lowest BCUT2D eigenvalue weighted by Crippen LogP contribution is -2.41. The number of carbonyl (C=O) groups excluding carboxylic acids is 2. The number of hydrogen-bond acceptors (Lipinski definition) is 5. The van der Waals surface area contributed by atoms with Gasteiger partial charge in [0.25, 0.3) is 0 Å². The van der Waals surface area contributed by atoms with Gasteiger partial charge in [0, 0.05) is 25.4 Å². The maximum Gasteiger partial charge on any atom is 0.229 e. The Kier molecular flexibility index (Phi) is 5.75. The summed E-state index contributed by atoms with van der Waals surface area (Å²) >= 11 is 1.37. The van der Waals surface area contributed by atoms with Crippen LogP contribution in [0.5, 0.6) is 0 Å². The Morgan fingerprint density at radius 1 is 1.20 bits per heavy atom. The number of anilines is 1. The molecule has 0 atom stereocenters. The van der Waals surface area contributed by atoms with Crippen LogP contribution in [0.15, 0.2) is 30.3 Å². The number of hydrogen-bond donors (Lipinski definition) is 1. The van der Waals surface area contributed by atoms with Gasteiger partial charge in [-0.3, -0.25) is 9.59 Å². The summed E-state index contributed by atoms with van der Waals surface area (Å²) in [5, 5.41) is 12.0. The summed E-state index contributed by atoms with van der Waals surface area (Å²) in [5.41, 5.74) is 1.18. The van der Waals surface area contributed by atoms with E-state index < -0.39 is 0 Å². The van der Waals surface area contributed by atoms with Gasteiger partial charge in [0.2, 0.25) is 16.9 Å². The molecule has 1 aliphatic heterocycles. The quantitative estimate of drug-likeness (QED) is 0.892. The molecule has 0 aliphatic carbocycles. The minimum absolute atomic E-state index is 0.0208. The van der Waals surface area contributed by atoms with Crippen LogP contribution in [0.3, 0.4) is 0 Å². The molecule has 0 saturated carbocycles. The third-order valence-electron chi connectivity index (χ3n) is 4.44. The molecule has 0 unspecified atom stereocenters. The second kappa shape index (κ2) is 8.20. The first-order valence-electron chi connectivity index (χ1n) is 8.54. The van der Waals surface area contributed by atoms with Crippen LogP contribution in [0.1, 0.15) is 29.8 Å². The van der Waals surface area contributed by atoms with Crippen molar-refractivity contribution in [2.24, 2.45) is 5.92 Å². The van der Waals surface area contributed by atoms with E-state index in [1.54, 1.807) is 0 Å². The van der Waals surface area contributed by atoms with Crippen LogP contribution in [-0.2, 0) is 16.0 Å². The molecule has 7 heteroatoms. The zero-order chi connectivity index (χ0) is 17.6. The van der Waals surface area contributed by atoms with Gasteiger partial charge in [0.1, 0.15) is 5.01 Å². The molecule has 2 aromatic rings. The highest BCUT2D eigenvalue weighted by atomic mass is 32.1. The van der Waals surface area contributed by atoms with Gasteiger partial charge in [-0.05, 0) is 31.7 Å². The molecule has 6 nitrogen and oxygen atoms in total. The van der Waals surface area contributed by atoms with E-state index in [2.05, 4.69) is 15.5 Å². The molecule has 2 heterocycles. The second-order valence-electron chi connectivity index (χ2n) is 6.26. The average Bonchev–Trinajstić information content (AvgIpc) is 3.05. The van der Waals surface area contributed by atoms with Crippen LogP contribution in [0.2, 0.25) is 0 Å². The fourth-order valence-electron chi connectivity index (χ4n) is 3.00. The van der Waals surface area contributed by atoms with E-state index in [4.69, 9.17) is 0 Å². The number of aromatic nitrogens is 2. The van der Waals surface area contributed by atoms with Gasteiger partial charge in [0.15, 0.2) is 0 Å². The molecular formula is C18H22N4O2S. The van der Waals surface area contributed by atoms with Crippen LogP contribution < -0.4 is 5.32 Å². The normalized spacial score (nSPS) is 15.2. The Bertz CT molecular complexity index is 724. The molecule has 132 valence electrons. The summed E-state index contributed by atoms with van der Waals surface area (Å²) in [7, 11) is 0. The molecule has 2 amide bonds. The van der Waals surface area contributed by atoms with Crippen molar-refractivity contribution in [1.82, 2.24) is 15.1 Å². The average molecular weight is 358 g/mol. The van der Waals surface area contributed by atoms with Crippen molar-refractivity contribution >= 4 is 28.3 Å². The number of likely N-dealkylation sites (tertiary alicyclic amines) is 1. The van der Waals surface area contributed by atoms with E-state index in [9.17, 15) is 9.59 Å². The van der Waals surface area contributed by atoms with Crippen LogP contribution in [0.25, 0.3) is 0 Å². The van der Waals surface area contributed by atoms with Crippen molar-refractivity contribution in [1.29, 1.82) is 0 Å². The van der Waals surface area contributed by atoms with Crippen molar-refractivity contribution in [3.8, 4) is 0 Å². The Labute approximate surface area is 151 Å². The standard InChI is InChI=1S/C18H22N4O2S/c1-13-20-21-18(25-13)19-17(24)15-9-11-22(12-10-15)16(23)8-7-14-5-3-2-4-6-14/h2-6,15H,7-12H2,1H3,(H,19,21,24). The lowest BCUT2D eigenvalue weighted by Gasteiger charge is -2.31. The third-order valence-corrected chi connectivity index (χ3v) is 5.20. The van der Waals surface area contributed by atoms with Gasteiger partial charge >= 0.3 is 0 Å². The van der Waals surface area contributed by atoms with E-state index in [1.807, 2.05) is 42.2 Å². The predicted molar refractivity (Wildman–Crippen MR) is 97.3 cm³/mol. The minimum atomic E-state index is -0.0672. The largest absolute Gasteiger partial charge is 0.343 e. The highest BCUT2D eigenvalue weighted by molar-refractivity contribution is 7.15. The topological polar surface area (TPSA) is 75.2 Å². The number of carbonyl (C=O) groups is 2. The molecule has 1 N–H and O–H groups in total. The summed E-state index contributed by atoms with van der Waals surface area (Å²) in [5.74, 6) is 0.0809. The van der Waals surface area contributed by atoms with E-state index in [0.717, 1.165) is 11.4 Å². The molecule has 1 saturated heterocycles. The molecule has 1 aliphatic rings. The van der Waals surface area contributed by atoms with Gasteiger partial charge in [-0.25, -0.2) is 0 Å². The molecular weight excluding hydrogens is 336 g/mol. The zero-order valence-electron chi connectivity index (χ0n) is 14.3. The Hall–Kier alpha value is -2.28. The van der Waals surface area contributed by atoms with Crippen molar-refractivity contribution in [3.63, 3.8) is 0 Å². The van der Waals surface area contributed by atoms with Crippen molar-refractivity contribution < 1.29 is 9.59 Å². The van der Waals surface area contributed by atoms with E-state index in [-0.39, 0.29) is 17.7 Å². The van der Waals surface area contributed by atoms with Crippen LogP contribution in [0.4, 0.5) is 5.13 Å². The van der Waals surface area contributed by atoms with Crippen LogP contribution in [0, 0.1) is 12.8 Å². The number of aryl methyl sites for hydroxylation is 2. The third kappa shape index (κ3) is 4.85. The maximum atomic E-state index is 12.4. The van der Waals surface area contributed by atoms with Gasteiger partial charge in [0.05, 0.1) is 0 Å². The van der Waals surface area contributed by atoms with Crippen LogP contribution >= 0.6 is 11.3 Å². The number of piperidine rings is 1. The lowest BCUT2D eigenvalue weighted by molar-refractivity contribution is -0.134. The first kappa shape index (κ1) is 17.5. The molecule has 25 heavy (non-hydrogen) atoms. The maximum absolute atomic E-state index is 12.4. The molecule has 0 spiro atoms. The summed E-state index contributed by atoms with van der Waals surface area (Å²) in [6.07, 6.45) is 2.67. The van der Waals surface area contributed by atoms with Gasteiger partial charge in [-0.15, -0.1) is 10.2 Å². The number of nitrogens with one attached hydrogen (secondary N) is 1. The molecule has 1 aromatic carbocycles. The smallest absolute Gasteiger partial charge is 0.229 e. The van der Waals surface area contributed by atoms with E-state index in [0.29, 0.717) is 37.5 Å². The molecule has 1 aromatic heterocycles. The number of benzene rings is 1. The lowest BCUT2D eigenvalue weighted by atomic mass is 9.95. The predicted octanol–water partition coefficient (Wildman–Crippen LogP) is 2.66. The molecule has 0 bridgehead atoms. The molecule has 0 radical (unpaired) electrons. The number of amides is 2. The number of rotatable bonds is 5. The molecule has 1 fully saturated rings. The first-order valence-corrected chi connectivity index (χ1v) is 9.36. The molecule has 3 rings (SSSR count). The highest BCUT2D eigenvalue weighted by Crippen LogP contribution is 2.21. The van der Waals surface area contributed by atoms with Crippen LogP contribution in [-0.4, -0.2) is 40.0 Å². The van der Waals surface area contributed by atoms with Gasteiger partial charge in [-0.1, -0.05) is 41.7 Å². The van der Waals surface area contributed by atoms with Gasteiger partial charge in [-0.2, -0.15) is 0 Å². The summed E-state index contributed by atoms with van der Waals surface area (Å²) in [6.45, 7) is 3.13. The van der Waals surface area contributed by atoms with E-state index >= 15 is 0 Å². The fraction of sp³-hybridized carbons (Fsp3) is 0.444. The Morgan fingerprint density at radius 2 is 1.92 bits per heavy atom. The zero-order valence-corrected chi connectivity index (χ0v) is 15.1. The monoisotopic (exact) mass is 358 g/mol. The van der Waals surface area contributed by atoms with Crippen molar-refractivity contribution in [2.75, 3.05) is 18.4 Å².